The molecule has 1 saturated carbocycles. The minimum Gasteiger partial charge on any atom is -0.323 e. The zero-order chi connectivity index (χ0) is 21.9. The van der Waals surface area contributed by atoms with Crippen molar-refractivity contribution in [2.24, 2.45) is 0 Å². The molecule has 0 N–H and O–H groups in total. The Bertz CT molecular complexity index is 629. The van der Waals surface area contributed by atoms with E-state index in [9.17, 15) is 0 Å². The maximum absolute atomic E-state index is 7.21. The topological polar surface area (TPSA) is 15.7 Å². The van der Waals surface area contributed by atoms with Crippen molar-refractivity contribution in [3.8, 4) is 0 Å². The second-order valence-corrected chi connectivity index (χ2v) is 24.4. The van der Waals surface area contributed by atoms with Crippen LogP contribution in [0, 0.1) is 0 Å². The largest absolute Gasteiger partial charge is 0.323 e. The van der Waals surface area contributed by atoms with Gasteiger partial charge in [0.15, 0.2) is 8.45 Å². The molecule has 1 aliphatic heterocycles. The SMILES string of the molecule is CCC[C@@H](OP1N(C[Si](C)(C)C)[C@@H]2CCCC[C@H]2N1C[Si](C)(C)C)c1ccccc1. The van der Waals surface area contributed by atoms with Gasteiger partial charge < -0.3 is 4.52 Å². The summed E-state index contributed by atoms with van der Waals surface area (Å²) >= 11 is 0. The van der Waals surface area contributed by atoms with Crippen molar-refractivity contribution in [1.29, 1.82) is 0 Å². The molecule has 6 heteroatoms. The van der Waals surface area contributed by atoms with E-state index in [1.54, 1.807) is 0 Å². The Balaban J connectivity index is 1.94. The van der Waals surface area contributed by atoms with Crippen LogP contribution in [-0.4, -0.2) is 49.9 Å². The molecule has 0 amide bonds. The molecule has 3 atom stereocenters. The molecular weight excluding hydrogens is 419 g/mol. The Morgan fingerprint density at radius 3 is 1.83 bits per heavy atom. The molecular formula is C24H45N2OPSi2. The van der Waals surface area contributed by atoms with Gasteiger partial charge in [-0.15, -0.1) is 0 Å². The fourth-order valence-electron chi connectivity index (χ4n) is 4.96. The monoisotopic (exact) mass is 464 g/mol. The van der Waals surface area contributed by atoms with E-state index in [2.05, 4.69) is 85.9 Å². The molecule has 30 heavy (non-hydrogen) atoms. The van der Waals surface area contributed by atoms with Crippen molar-refractivity contribution in [1.82, 2.24) is 9.34 Å². The van der Waals surface area contributed by atoms with E-state index in [1.807, 2.05) is 0 Å². The van der Waals surface area contributed by atoms with Gasteiger partial charge in [0.1, 0.15) is 0 Å². The Hall–Kier alpha value is -0.0362. The smallest absolute Gasteiger partial charge is 0.188 e. The molecule has 1 heterocycles. The summed E-state index contributed by atoms with van der Waals surface area (Å²) in [7, 11) is -3.15. The molecule has 1 aromatic carbocycles. The molecule has 1 aliphatic carbocycles. The zero-order valence-electron chi connectivity index (χ0n) is 20.5. The van der Waals surface area contributed by atoms with E-state index >= 15 is 0 Å². The van der Waals surface area contributed by atoms with E-state index in [0.29, 0.717) is 12.1 Å². The summed E-state index contributed by atoms with van der Waals surface area (Å²) in [6.07, 6.45) is 10.6. The molecule has 0 bridgehead atoms. The van der Waals surface area contributed by atoms with Gasteiger partial charge in [0.2, 0.25) is 0 Å². The highest BCUT2D eigenvalue weighted by atomic mass is 31.2. The third-order valence-corrected chi connectivity index (χ3v) is 11.4. The van der Waals surface area contributed by atoms with Crippen molar-refractivity contribution >= 4 is 24.6 Å². The van der Waals surface area contributed by atoms with Crippen LogP contribution in [0.2, 0.25) is 39.3 Å². The molecule has 0 spiro atoms. The zero-order valence-corrected chi connectivity index (χ0v) is 23.4. The van der Waals surface area contributed by atoms with Gasteiger partial charge in [-0.25, -0.2) is 9.34 Å². The van der Waals surface area contributed by atoms with Crippen LogP contribution in [0.25, 0.3) is 0 Å². The molecule has 170 valence electrons. The standard InChI is InChI=1S/C24H45N2OPSi2/c1-8-14-24(21-15-10-9-11-16-21)27-28-25(19-29(2,3)4)22-17-12-13-18-23(22)26(28)20-30(5,6)7/h9-11,15-16,22-24H,8,12-14,17-20H2,1-7H3/t22-,23-,24-/m1/s1. The van der Waals surface area contributed by atoms with Gasteiger partial charge in [0.05, 0.1) is 22.3 Å². The summed E-state index contributed by atoms with van der Waals surface area (Å²) in [6.45, 7) is 17.5. The summed E-state index contributed by atoms with van der Waals surface area (Å²) in [4.78, 5) is 0. The summed E-state index contributed by atoms with van der Waals surface area (Å²) in [5, 5.41) is 0. The van der Waals surface area contributed by atoms with Crippen LogP contribution in [0.5, 0.6) is 0 Å². The first kappa shape index (κ1) is 24.6. The van der Waals surface area contributed by atoms with Gasteiger partial charge in [-0.2, -0.15) is 0 Å². The van der Waals surface area contributed by atoms with Crippen LogP contribution in [-0.2, 0) is 4.52 Å². The maximum atomic E-state index is 7.21. The Kier molecular flexibility index (Phi) is 8.42. The van der Waals surface area contributed by atoms with Crippen molar-refractivity contribution < 1.29 is 4.52 Å². The fraction of sp³-hybridized carbons (Fsp3) is 0.750. The Labute approximate surface area is 189 Å². The second-order valence-electron chi connectivity index (χ2n) is 11.8. The van der Waals surface area contributed by atoms with Crippen LogP contribution in [0.15, 0.2) is 30.3 Å². The highest BCUT2D eigenvalue weighted by Crippen LogP contribution is 2.60. The van der Waals surface area contributed by atoms with Crippen molar-refractivity contribution in [2.45, 2.75) is 103 Å². The minimum absolute atomic E-state index is 0.218. The summed E-state index contributed by atoms with van der Waals surface area (Å²) in [5.74, 6) is 0. The predicted molar refractivity (Wildman–Crippen MR) is 138 cm³/mol. The van der Waals surface area contributed by atoms with Gasteiger partial charge in [-0.3, -0.25) is 0 Å². The van der Waals surface area contributed by atoms with Gasteiger partial charge in [0, 0.05) is 12.1 Å². The van der Waals surface area contributed by atoms with Crippen LogP contribution in [0.1, 0.15) is 57.1 Å². The molecule has 0 aromatic heterocycles. The Morgan fingerprint density at radius 1 is 0.900 bits per heavy atom. The maximum Gasteiger partial charge on any atom is 0.188 e. The first-order chi connectivity index (χ1) is 14.1. The summed E-state index contributed by atoms with van der Waals surface area (Å²) < 4.78 is 13.0. The number of benzene rings is 1. The molecule has 3 nitrogen and oxygen atoms in total. The third-order valence-electron chi connectivity index (χ3n) is 6.12. The molecule has 0 unspecified atom stereocenters. The highest BCUT2D eigenvalue weighted by Gasteiger charge is 2.51. The molecule has 3 rings (SSSR count). The lowest BCUT2D eigenvalue weighted by Crippen LogP contribution is -2.46. The molecule has 1 aromatic rings. The summed E-state index contributed by atoms with van der Waals surface area (Å²) in [6, 6.07) is 12.4. The van der Waals surface area contributed by atoms with E-state index in [-0.39, 0.29) is 6.10 Å². The lowest BCUT2D eigenvalue weighted by molar-refractivity contribution is 0.189. The first-order valence-electron chi connectivity index (χ1n) is 12.1. The van der Waals surface area contributed by atoms with E-state index < -0.39 is 24.6 Å². The highest BCUT2D eigenvalue weighted by molar-refractivity contribution is 7.48. The molecule has 2 fully saturated rings. The van der Waals surface area contributed by atoms with Crippen molar-refractivity contribution in [3.63, 3.8) is 0 Å². The van der Waals surface area contributed by atoms with E-state index in [4.69, 9.17) is 4.52 Å². The van der Waals surface area contributed by atoms with E-state index in [1.165, 1.54) is 43.6 Å². The van der Waals surface area contributed by atoms with Crippen molar-refractivity contribution in [3.05, 3.63) is 35.9 Å². The van der Waals surface area contributed by atoms with Gasteiger partial charge in [-0.1, -0.05) is 95.8 Å². The summed E-state index contributed by atoms with van der Waals surface area (Å²) in [5.41, 5.74) is 1.36. The normalized spacial score (nSPS) is 25.4. The molecule has 1 saturated heterocycles. The van der Waals surface area contributed by atoms with Gasteiger partial charge in [0.25, 0.3) is 0 Å². The number of rotatable bonds is 9. The number of fused-ring (bicyclic) bond motifs is 1. The molecule has 2 aliphatic rings. The Morgan fingerprint density at radius 2 is 1.40 bits per heavy atom. The average molecular weight is 465 g/mol. The van der Waals surface area contributed by atoms with Gasteiger partial charge in [-0.05, 0) is 37.2 Å². The number of nitrogens with zero attached hydrogens (tertiary/aromatic N) is 2. The van der Waals surface area contributed by atoms with Crippen LogP contribution in [0.4, 0.5) is 0 Å². The van der Waals surface area contributed by atoms with Gasteiger partial charge >= 0.3 is 0 Å². The lowest BCUT2D eigenvalue weighted by atomic mass is 9.90. The first-order valence-corrected chi connectivity index (χ1v) is 20.7. The second kappa shape index (κ2) is 10.3. The van der Waals surface area contributed by atoms with Crippen LogP contribution in [0.3, 0.4) is 0 Å². The average Bonchev–Trinajstić information content (AvgIpc) is 2.92. The van der Waals surface area contributed by atoms with E-state index in [0.717, 1.165) is 12.8 Å². The van der Waals surface area contributed by atoms with Crippen LogP contribution >= 0.6 is 8.45 Å². The predicted octanol–water partition coefficient (Wildman–Crippen LogP) is 7.45. The number of hydrogen-bond acceptors (Lipinski definition) is 3. The fourth-order valence-corrected chi connectivity index (χ4v) is 12.9. The number of hydrogen-bond donors (Lipinski definition) is 0. The quantitative estimate of drug-likeness (QED) is 0.279. The van der Waals surface area contributed by atoms with Crippen molar-refractivity contribution in [2.75, 3.05) is 12.3 Å². The minimum atomic E-state index is -1.23. The van der Waals surface area contributed by atoms with Crippen LogP contribution < -0.4 is 0 Å². The lowest BCUT2D eigenvalue weighted by Gasteiger charge is -2.37. The molecule has 0 radical (unpaired) electrons. The third kappa shape index (κ3) is 6.49.